The van der Waals surface area contributed by atoms with E-state index in [4.69, 9.17) is 28.2 Å². The number of carbonyl (C=O) groups is 1. The number of rotatable bonds is 3. The summed E-state index contributed by atoms with van der Waals surface area (Å²) in [6.45, 7) is 0. The lowest BCUT2D eigenvalue weighted by Crippen LogP contribution is -1.99. The molecule has 1 heterocycles. The Balaban J connectivity index is 2.28. The minimum Gasteiger partial charge on any atom is -0.478 e. The molecule has 0 atom stereocenters. The third kappa shape index (κ3) is 3.27. The molecule has 19 heavy (non-hydrogen) atoms. The van der Waals surface area contributed by atoms with Crippen LogP contribution in [-0.2, 0) is 0 Å². The second kappa shape index (κ2) is 5.33. The Bertz CT molecular complexity index is 630. The van der Waals surface area contributed by atoms with Gasteiger partial charge in [0.25, 0.3) is 0 Å². The van der Waals surface area contributed by atoms with Crippen molar-refractivity contribution in [2.24, 2.45) is 0 Å². The number of carboxylic acids is 1. The first-order valence-electron chi connectivity index (χ1n) is 5.06. The highest BCUT2D eigenvalue weighted by Crippen LogP contribution is 2.29. The van der Waals surface area contributed by atoms with Crippen LogP contribution in [-0.4, -0.2) is 21.0 Å². The topological polar surface area (TPSA) is 115 Å². The summed E-state index contributed by atoms with van der Waals surface area (Å²) in [7, 11) is 0. The van der Waals surface area contributed by atoms with E-state index in [-0.39, 0.29) is 22.2 Å². The van der Waals surface area contributed by atoms with Gasteiger partial charge in [0, 0.05) is 11.0 Å². The average molecular weight is 297 g/mol. The van der Waals surface area contributed by atoms with Gasteiger partial charge in [-0.3, -0.25) is 0 Å². The zero-order chi connectivity index (χ0) is 14.0. The zero-order valence-corrected chi connectivity index (χ0v) is 11.1. The number of hydrogen-bond acceptors (Lipinski definition) is 6. The second-order valence-corrected chi connectivity index (χ2v) is 5.00. The lowest BCUT2D eigenvalue weighted by Gasteiger charge is -2.04. The Morgan fingerprint density at radius 1 is 1.21 bits per heavy atom. The van der Waals surface area contributed by atoms with E-state index >= 15 is 0 Å². The molecule has 0 aliphatic rings. The van der Waals surface area contributed by atoms with Gasteiger partial charge in [-0.15, -0.1) is 0 Å². The number of benzene rings is 1. The van der Waals surface area contributed by atoms with Gasteiger partial charge in [-0.05, 0) is 30.0 Å². The van der Waals surface area contributed by atoms with Gasteiger partial charge in [0.15, 0.2) is 5.16 Å². The van der Waals surface area contributed by atoms with E-state index < -0.39 is 5.97 Å². The van der Waals surface area contributed by atoms with Gasteiger partial charge >= 0.3 is 5.97 Å². The predicted molar refractivity (Wildman–Crippen MR) is 73.4 cm³/mol. The molecule has 0 radical (unpaired) electrons. The number of aromatic nitrogens is 2. The average Bonchev–Trinajstić information content (AvgIpc) is 2.26. The zero-order valence-electron chi connectivity index (χ0n) is 9.50. The molecule has 0 fully saturated rings. The minimum atomic E-state index is -1.08. The number of carboxylic acid groups (broad SMARTS) is 1. The van der Waals surface area contributed by atoms with Crippen molar-refractivity contribution in [3.05, 3.63) is 34.9 Å². The van der Waals surface area contributed by atoms with Crippen molar-refractivity contribution >= 4 is 41.0 Å². The maximum Gasteiger partial charge on any atom is 0.337 e. The highest BCUT2D eigenvalue weighted by atomic mass is 35.5. The van der Waals surface area contributed by atoms with Crippen molar-refractivity contribution in [1.82, 2.24) is 9.97 Å². The molecule has 2 rings (SSSR count). The van der Waals surface area contributed by atoms with Gasteiger partial charge in [-0.25, -0.2) is 14.8 Å². The van der Waals surface area contributed by atoms with Crippen LogP contribution in [0.4, 0.5) is 11.6 Å². The molecule has 0 spiro atoms. The summed E-state index contributed by atoms with van der Waals surface area (Å²) in [4.78, 5) is 19.5. The van der Waals surface area contributed by atoms with Crippen molar-refractivity contribution in [2.75, 3.05) is 11.5 Å². The first-order chi connectivity index (χ1) is 8.95. The molecule has 0 bridgehead atoms. The molecule has 6 nitrogen and oxygen atoms in total. The molecule has 98 valence electrons. The lowest BCUT2D eigenvalue weighted by molar-refractivity contribution is 0.0697. The number of halogens is 1. The summed E-state index contributed by atoms with van der Waals surface area (Å²) in [6.07, 6.45) is 0. The van der Waals surface area contributed by atoms with Gasteiger partial charge in [0.05, 0.1) is 10.6 Å². The fraction of sp³-hybridized carbons (Fsp3) is 0. The quantitative estimate of drug-likeness (QED) is 0.743. The SMILES string of the molecule is Nc1cc(N)nc(Sc2ccc(C(=O)O)c(Cl)c2)n1. The maximum absolute atomic E-state index is 10.8. The molecular formula is C11H9ClN4O2S. The van der Waals surface area contributed by atoms with Crippen molar-refractivity contribution in [3.8, 4) is 0 Å². The summed E-state index contributed by atoms with van der Waals surface area (Å²) in [5.74, 6) is -0.544. The van der Waals surface area contributed by atoms with Crippen LogP contribution in [0.5, 0.6) is 0 Å². The van der Waals surface area contributed by atoms with Crippen molar-refractivity contribution < 1.29 is 9.90 Å². The number of nitrogens with zero attached hydrogens (tertiary/aromatic N) is 2. The van der Waals surface area contributed by atoms with E-state index in [0.717, 1.165) is 0 Å². The number of nitrogen functional groups attached to an aromatic ring is 2. The molecule has 0 saturated heterocycles. The van der Waals surface area contributed by atoms with E-state index in [1.165, 1.54) is 30.0 Å². The summed E-state index contributed by atoms with van der Waals surface area (Å²) >= 11 is 7.06. The Morgan fingerprint density at radius 3 is 2.37 bits per heavy atom. The second-order valence-electron chi connectivity index (χ2n) is 3.55. The first-order valence-corrected chi connectivity index (χ1v) is 6.26. The number of aromatic carboxylic acids is 1. The normalized spacial score (nSPS) is 10.4. The van der Waals surface area contributed by atoms with Crippen molar-refractivity contribution in [2.45, 2.75) is 10.1 Å². The molecule has 0 saturated carbocycles. The van der Waals surface area contributed by atoms with Crippen LogP contribution in [0.25, 0.3) is 0 Å². The fourth-order valence-electron chi connectivity index (χ4n) is 1.35. The predicted octanol–water partition coefficient (Wildman–Crippen LogP) is 2.14. The Hall–Kier alpha value is -1.99. The van der Waals surface area contributed by atoms with Crippen molar-refractivity contribution in [3.63, 3.8) is 0 Å². The van der Waals surface area contributed by atoms with E-state index in [1.807, 2.05) is 0 Å². The van der Waals surface area contributed by atoms with Crippen LogP contribution >= 0.6 is 23.4 Å². The molecule has 0 aliphatic carbocycles. The van der Waals surface area contributed by atoms with Crippen LogP contribution in [0.1, 0.15) is 10.4 Å². The van der Waals surface area contributed by atoms with E-state index in [9.17, 15) is 4.79 Å². The number of anilines is 2. The molecule has 8 heteroatoms. The summed E-state index contributed by atoms with van der Waals surface area (Å²) in [5.41, 5.74) is 11.2. The molecule has 0 unspecified atom stereocenters. The van der Waals surface area contributed by atoms with E-state index in [0.29, 0.717) is 10.1 Å². The number of nitrogens with two attached hydrogens (primary N) is 2. The largest absolute Gasteiger partial charge is 0.478 e. The summed E-state index contributed by atoms with van der Waals surface area (Å²) in [5, 5.41) is 9.39. The summed E-state index contributed by atoms with van der Waals surface area (Å²) in [6, 6.07) is 6.01. The van der Waals surface area contributed by atoms with E-state index in [1.54, 1.807) is 6.07 Å². The van der Waals surface area contributed by atoms with Crippen LogP contribution in [0.15, 0.2) is 34.3 Å². The summed E-state index contributed by atoms with van der Waals surface area (Å²) < 4.78 is 0. The van der Waals surface area contributed by atoms with Crippen LogP contribution in [0.2, 0.25) is 5.02 Å². The molecule has 0 amide bonds. The molecule has 1 aromatic heterocycles. The number of hydrogen-bond donors (Lipinski definition) is 3. The molecule has 2 aromatic rings. The van der Waals surface area contributed by atoms with Crippen LogP contribution < -0.4 is 11.5 Å². The highest BCUT2D eigenvalue weighted by Gasteiger charge is 2.10. The van der Waals surface area contributed by atoms with E-state index in [2.05, 4.69) is 9.97 Å². The Morgan fingerprint density at radius 2 is 1.84 bits per heavy atom. The van der Waals surface area contributed by atoms with Crippen LogP contribution in [0, 0.1) is 0 Å². The molecular weight excluding hydrogens is 288 g/mol. The highest BCUT2D eigenvalue weighted by molar-refractivity contribution is 7.99. The standard InChI is InChI=1S/C11H9ClN4O2S/c12-7-3-5(1-2-6(7)10(17)18)19-11-15-8(13)4-9(14)16-11/h1-4H,(H,17,18)(H4,13,14,15,16). The Labute approximate surface area is 117 Å². The van der Waals surface area contributed by atoms with Crippen LogP contribution in [0.3, 0.4) is 0 Å². The molecule has 5 N–H and O–H groups in total. The fourth-order valence-corrected chi connectivity index (χ4v) is 2.50. The maximum atomic E-state index is 10.8. The molecule has 1 aromatic carbocycles. The van der Waals surface area contributed by atoms with Gasteiger partial charge < -0.3 is 16.6 Å². The van der Waals surface area contributed by atoms with Gasteiger partial charge in [-0.1, -0.05) is 11.6 Å². The molecule has 0 aliphatic heterocycles. The van der Waals surface area contributed by atoms with Gasteiger partial charge in [0.1, 0.15) is 11.6 Å². The van der Waals surface area contributed by atoms with Crippen molar-refractivity contribution in [1.29, 1.82) is 0 Å². The third-order valence-corrected chi connectivity index (χ3v) is 3.29. The van der Waals surface area contributed by atoms with Gasteiger partial charge in [-0.2, -0.15) is 0 Å². The lowest BCUT2D eigenvalue weighted by atomic mass is 10.2. The minimum absolute atomic E-state index is 0.0408. The first kappa shape index (κ1) is 13.4. The smallest absolute Gasteiger partial charge is 0.337 e. The monoisotopic (exact) mass is 296 g/mol. The Kier molecular flexibility index (Phi) is 3.77. The third-order valence-electron chi connectivity index (χ3n) is 2.13. The van der Waals surface area contributed by atoms with Gasteiger partial charge in [0.2, 0.25) is 0 Å².